The van der Waals surface area contributed by atoms with E-state index in [-0.39, 0.29) is 5.91 Å². The van der Waals surface area contributed by atoms with E-state index in [0.29, 0.717) is 6.42 Å². The molecule has 18 heavy (non-hydrogen) atoms. The Hall–Kier alpha value is -0.870. The molecule has 0 aromatic carbocycles. The van der Waals surface area contributed by atoms with E-state index in [2.05, 4.69) is 22.1 Å². The van der Waals surface area contributed by atoms with Crippen molar-refractivity contribution >= 4 is 17.2 Å². The Morgan fingerprint density at radius 3 is 3.22 bits per heavy atom. The van der Waals surface area contributed by atoms with Gasteiger partial charge in [-0.3, -0.25) is 4.79 Å². The summed E-state index contributed by atoms with van der Waals surface area (Å²) in [5.41, 5.74) is 0. The lowest BCUT2D eigenvalue weighted by molar-refractivity contribution is -0.121. The van der Waals surface area contributed by atoms with Crippen molar-refractivity contribution in [2.45, 2.75) is 32.1 Å². The molecule has 1 fully saturated rings. The maximum Gasteiger partial charge on any atom is 0.220 e. The van der Waals surface area contributed by atoms with Gasteiger partial charge >= 0.3 is 0 Å². The zero-order valence-corrected chi connectivity index (χ0v) is 11.6. The average Bonchev–Trinajstić information content (AvgIpc) is 2.91. The Morgan fingerprint density at radius 1 is 1.56 bits per heavy atom. The van der Waals surface area contributed by atoms with Crippen LogP contribution in [-0.4, -0.2) is 25.5 Å². The molecule has 3 nitrogen and oxygen atoms in total. The first kappa shape index (κ1) is 13.6. The van der Waals surface area contributed by atoms with Crippen molar-refractivity contribution in [3.8, 4) is 0 Å². The molecule has 1 aliphatic rings. The highest BCUT2D eigenvalue weighted by atomic mass is 32.1. The van der Waals surface area contributed by atoms with Crippen LogP contribution in [-0.2, 0) is 11.2 Å². The van der Waals surface area contributed by atoms with Crippen LogP contribution >= 0.6 is 11.3 Å². The van der Waals surface area contributed by atoms with E-state index >= 15 is 0 Å². The number of thiophene rings is 1. The minimum Gasteiger partial charge on any atom is -0.356 e. The lowest BCUT2D eigenvalue weighted by Gasteiger charge is -2.22. The number of rotatable bonds is 6. The molecule has 4 heteroatoms. The normalized spacial score (nSPS) is 19.7. The quantitative estimate of drug-likeness (QED) is 0.828. The largest absolute Gasteiger partial charge is 0.356 e. The zero-order valence-electron chi connectivity index (χ0n) is 10.8. The number of aryl methyl sites for hydroxylation is 1. The Balaban J connectivity index is 1.54. The molecule has 0 saturated carbocycles. The molecular formula is C14H22N2OS. The number of hydrogen-bond donors (Lipinski definition) is 2. The molecule has 0 aliphatic carbocycles. The highest BCUT2D eigenvalue weighted by Gasteiger charge is 2.12. The van der Waals surface area contributed by atoms with Crippen LogP contribution in [0.15, 0.2) is 17.5 Å². The maximum absolute atomic E-state index is 11.7. The Bertz CT molecular complexity index is 345. The van der Waals surface area contributed by atoms with Crippen LogP contribution in [0.2, 0.25) is 0 Å². The van der Waals surface area contributed by atoms with Gasteiger partial charge in [0.1, 0.15) is 0 Å². The third kappa shape index (κ3) is 4.78. The van der Waals surface area contributed by atoms with Crippen molar-refractivity contribution in [1.29, 1.82) is 0 Å². The predicted molar refractivity (Wildman–Crippen MR) is 75.9 cm³/mol. The second kappa shape index (κ2) is 7.54. The summed E-state index contributed by atoms with van der Waals surface area (Å²) >= 11 is 1.72. The molecule has 0 bridgehead atoms. The lowest BCUT2D eigenvalue weighted by Crippen LogP contribution is -2.33. The summed E-state index contributed by atoms with van der Waals surface area (Å²) in [7, 11) is 0. The van der Waals surface area contributed by atoms with Crippen LogP contribution in [0.25, 0.3) is 0 Å². The standard InChI is InChI=1S/C14H22N2OS/c17-14(6-5-13-4-2-10-18-13)16-9-7-12-3-1-8-15-11-12/h2,4,10,12,15H,1,3,5-9,11H2,(H,16,17). The minimum absolute atomic E-state index is 0.187. The van der Waals surface area contributed by atoms with Gasteiger partial charge in [0.15, 0.2) is 0 Å². The highest BCUT2D eigenvalue weighted by Crippen LogP contribution is 2.13. The van der Waals surface area contributed by atoms with E-state index in [0.717, 1.165) is 38.4 Å². The highest BCUT2D eigenvalue weighted by molar-refractivity contribution is 7.09. The fourth-order valence-corrected chi connectivity index (χ4v) is 3.08. The fraction of sp³-hybridized carbons (Fsp3) is 0.643. The van der Waals surface area contributed by atoms with E-state index < -0.39 is 0 Å². The fourth-order valence-electron chi connectivity index (χ4n) is 2.37. The van der Waals surface area contributed by atoms with Gasteiger partial charge in [0.05, 0.1) is 0 Å². The van der Waals surface area contributed by atoms with Crippen molar-refractivity contribution in [2.24, 2.45) is 5.92 Å². The predicted octanol–water partition coefficient (Wildman–Crippen LogP) is 2.19. The molecule has 1 unspecified atom stereocenters. The van der Waals surface area contributed by atoms with E-state index in [1.165, 1.54) is 17.7 Å². The van der Waals surface area contributed by atoms with E-state index in [4.69, 9.17) is 0 Å². The van der Waals surface area contributed by atoms with Gasteiger partial charge in [0, 0.05) is 17.8 Å². The van der Waals surface area contributed by atoms with Gasteiger partial charge in [-0.15, -0.1) is 11.3 Å². The van der Waals surface area contributed by atoms with Crippen molar-refractivity contribution in [1.82, 2.24) is 10.6 Å². The lowest BCUT2D eigenvalue weighted by atomic mass is 9.96. The van der Waals surface area contributed by atoms with Gasteiger partial charge in [0.2, 0.25) is 5.91 Å². The first-order valence-corrected chi connectivity index (χ1v) is 7.72. The molecule has 1 aromatic rings. The molecule has 2 N–H and O–H groups in total. The number of nitrogens with one attached hydrogen (secondary N) is 2. The van der Waals surface area contributed by atoms with Crippen molar-refractivity contribution < 1.29 is 4.79 Å². The third-order valence-electron chi connectivity index (χ3n) is 3.45. The summed E-state index contributed by atoms with van der Waals surface area (Å²) < 4.78 is 0. The van der Waals surface area contributed by atoms with Crippen LogP contribution in [0.3, 0.4) is 0 Å². The second-order valence-electron chi connectivity index (χ2n) is 4.93. The zero-order chi connectivity index (χ0) is 12.6. The Labute approximate surface area is 113 Å². The molecule has 100 valence electrons. The minimum atomic E-state index is 0.187. The van der Waals surface area contributed by atoms with Crippen LogP contribution in [0.1, 0.15) is 30.6 Å². The van der Waals surface area contributed by atoms with E-state index in [1.54, 1.807) is 11.3 Å². The molecule has 1 aliphatic heterocycles. The summed E-state index contributed by atoms with van der Waals surface area (Å²) in [5, 5.41) is 8.49. The first-order valence-electron chi connectivity index (χ1n) is 6.84. The molecule has 1 amide bonds. The second-order valence-corrected chi connectivity index (χ2v) is 5.96. The first-order chi connectivity index (χ1) is 8.84. The smallest absolute Gasteiger partial charge is 0.220 e. The average molecular weight is 266 g/mol. The van der Waals surface area contributed by atoms with Crippen LogP contribution in [0.4, 0.5) is 0 Å². The van der Waals surface area contributed by atoms with Gasteiger partial charge in [-0.2, -0.15) is 0 Å². The SMILES string of the molecule is O=C(CCc1cccs1)NCCC1CCCNC1. The summed E-state index contributed by atoms with van der Waals surface area (Å²) in [6, 6.07) is 4.12. The van der Waals surface area contributed by atoms with Gasteiger partial charge in [0.25, 0.3) is 0 Å². The Kier molecular flexibility index (Phi) is 5.68. The van der Waals surface area contributed by atoms with Crippen LogP contribution in [0.5, 0.6) is 0 Å². The number of piperidine rings is 1. The van der Waals surface area contributed by atoms with Crippen molar-refractivity contribution in [3.05, 3.63) is 22.4 Å². The molecule has 2 heterocycles. The number of carbonyl (C=O) groups excluding carboxylic acids is 1. The van der Waals surface area contributed by atoms with Crippen molar-refractivity contribution in [3.63, 3.8) is 0 Å². The number of amides is 1. The number of hydrogen-bond acceptors (Lipinski definition) is 3. The molecule has 1 atom stereocenters. The molecule has 0 radical (unpaired) electrons. The van der Waals surface area contributed by atoms with E-state index in [9.17, 15) is 4.79 Å². The summed E-state index contributed by atoms with van der Waals surface area (Å²) in [5.74, 6) is 0.934. The molecule has 1 saturated heterocycles. The Morgan fingerprint density at radius 2 is 2.50 bits per heavy atom. The van der Waals surface area contributed by atoms with Gasteiger partial charge in [-0.25, -0.2) is 0 Å². The molecule has 1 aromatic heterocycles. The number of carbonyl (C=O) groups is 1. The maximum atomic E-state index is 11.7. The van der Waals surface area contributed by atoms with Crippen LogP contribution < -0.4 is 10.6 Å². The van der Waals surface area contributed by atoms with Gasteiger partial charge in [-0.05, 0) is 56.1 Å². The summed E-state index contributed by atoms with van der Waals surface area (Å²) in [6.07, 6.45) is 5.17. The third-order valence-corrected chi connectivity index (χ3v) is 4.39. The summed E-state index contributed by atoms with van der Waals surface area (Å²) in [4.78, 5) is 13.0. The topological polar surface area (TPSA) is 41.1 Å². The molecule has 0 spiro atoms. The molecular weight excluding hydrogens is 244 g/mol. The van der Waals surface area contributed by atoms with E-state index in [1.807, 2.05) is 6.07 Å². The monoisotopic (exact) mass is 266 g/mol. The van der Waals surface area contributed by atoms with Gasteiger partial charge < -0.3 is 10.6 Å². The van der Waals surface area contributed by atoms with Crippen molar-refractivity contribution in [2.75, 3.05) is 19.6 Å². The molecule has 2 rings (SSSR count). The summed E-state index contributed by atoms with van der Waals surface area (Å²) in [6.45, 7) is 3.10. The van der Waals surface area contributed by atoms with Gasteiger partial charge in [-0.1, -0.05) is 6.07 Å². The van der Waals surface area contributed by atoms with Crippen LogP contribution in [0, 0.1) is 5.92 Å².